The van der Waals surface area contributed by atoms with Gasteiger partial charge in [0, 0.05) is 5.02 Å². The Balaban J connectivity index is 2.60. The zero-order chi connectivity index (χ0) is 11.5. The zero-order valence-electron chi connectivity index (χ0n) is 8.13. The second kappa shape index (κ2) is 4.28. The third-order valence-electron chi connectivity index (χ3n) is 2.10. The number of nitro groups is 1. The molecular weight excluding hydrogens is 228 g/mol. The lowest BCUT2D eigenvalue weighted by atomic mass is 10.1. The summed E-state index contributed by atoms with van der Waals surface area (Å²) in [6.45, 7) is 0. The molecule has 0 saturated carbocycles. The van der Waals surface area contributed by atoms with Gasteiger partial charge < -0.3 is 10.1 Å². The molecule has 1 aromatic heterocycles. The molecule has 80 valence electrons. The van der Waals surface area contributed by atoms with Crippen LogP contribution in [0.2, 0.25) is 5.02 Å². The van der Waals surface area contributed by atoms with E-state index in [1.54, 1.807) is 36.4 Å². The number of benzene rings is 1. The lowest BCUT2D eigenvalue weighted by Crippen LogP contribution is -1.94. The zero-order valence-corrected chi connectivity index (χ0v) is 8.89. The highest BCUT2D eigenvalue weighted by Gasteiger charge is 2.15. The van der Waals surface area contributed by atoms with Crippen LogP contribution >= 0.6 is 11.6 Å². The summed E-state index contributed by atoms with van der Waals surface area (Å²) in [6, 6.07) is 10.2. The van der Waals surface area contributed by atoms with Crippen LogP contribution in [0.5, 0.6) is 0 Å². The van der Waals surface area contributed by atoms with Crippen molar-refractivity contribution in [3.05, 3.63) is 57.7 Å². The van der Waals surface area contributed by atoms with Crippen molar-refractivity contribution in [2.75, 3.05) is 0 Å². The Kier molecular flexibility index (Phi) is 2.83. The Bertz CT molecular complexity index is 543. The fourth-order valence-electron chi connectivity index (χ4n) is 1.42. The Morgan fingerprint density at radius 3 is 2.75 bits per heavy atom. The first-order chi connectivity index (χ1) is 7.68. The van der Waals surface area contributed by atoms with Gasteiger partial charge in [-0.25, -0.2) is 0 Å². The van der Waals surface area contributed by atoms with Crippen LogP contribution in [0.25, 0.3) is 11.1 Å². The molecule has 0 amide bonds. The normalized spacial score (nSPS) is 10.1. The summed E-state index contributed by atoms with van der Waals surface area (Å²) >= 11 is 5.84. The lowest BCUT2D eigenvalue weighted by Gasteiger charge is -2.02. The van der Waals surface area contributed by atoms with Crippen molar-refractivity contribution in [2.24, 2.45) is 0 Å². The highest BCUT2D eigenvalue weighted by molar-refractivity contribution is 6.30. The van der Waals surface area contributed by atoms with E-state index in [1.807, 2.05) is 0 Å². The average molecular weight is 235 g/mol. The topological polar surface area (TPSA) is 56.0 Å². The monoisotopic (exact) mass is 234 g/mol. The quantitative estimate of drug-likeness (QED) is 0.592. The summed E-state index contributed by atoms with van der Waals surface area (Å²) in [6.07, 6.45) is 1.40. The smallest absolute Gasteiger partial charge is 0.358 e. The first-order valence-corrected chi connectivity index (χ1v) is 4.91. The Morgan fingerprint density at radius 2 is 2.06 bits per heavy atom. The van der Waals surface area contributed by atoms with E-state index >= 15 is 0 Å². The first-order valence-electron chi connectivity index (χ1n) is 4.54. The number of pyridine rings is 1. The predicted octanol–water partition coefficient (Wildman–Crippen LogP) is 3.31. The van der Waals surface area contributed by atoms with Crippen molar-refractivity contribution in [3.8, 4) is 11.1 Å². The number of halogens is 1. The van der Waals surface area contributed by atoms with E-state index in [0.717, 1.165) is 0 Å². The summed E-state index contributed by atoms with van der Waals surface area (Å²) < 4.78 is 0. The molecule has 4 nitrogen and oxygen atoms in total. The molecule has 0 saturated heterocycles. The summed E-state index contributed by atoms with van der Waals surface area (Å²) in [5.74, 6) is -0.162. The maximum atomic E-state index is 10.8. The minimum Gasteiger partial charge on any atom is -0.358 e. The van der Waals surface area contributed by atoms with Gasteiger partial charge in [-0.3, -0.25) is 0 Å². The summed E-state index contributed by atoms with van der Waals surface area (Å²) in [5, 5.41) is 11.3. The fraction of sp³-hybridized carbons (Fsp3) is 0. The number of aromatic nitrogens is 1. The number of hydrogen-bond acceptors (Lipinski definition) is 3. The number of hydrogen-bond donors (Lipinski definition) is 0. The van der Waals surface area contributed by atoms with Crippen LogP contribution in [0.4, 0.5) is 5.82 Å². The van der Waals surface area contributed by atoms with Crippen molar-refractivity contribution in [1.82, 2.24) is 4.98 Å². The van der Waals surface area contributed by atoms with Crippen LogP contribution in [-0.2, 0) is 0 Å². The van der Waals surface area contributed by atoms with Gasteiger partial charge in [-0.2, -0.15) is 0 Å². The molecule has 1 aromatic carbocycles. The van der Waals surface area contributed by atoms with Crippen molar-refractivity contribution in [3.63, 3.8) is 0 Å². The SMILES string of the molecule is O=[N+]([O-])c1ncccc1-c1cccc(Cl)c1. The van der Waals surface area contributed by atoms with Gasteiger partial charge in [0.25, 0.3) is 0 Å². The molecule has 1 heterocycles. The minimum absolute atomic E-state index is 0.162. The van der Waals surface area contributed by atoms with E-state index in [2.05, 4.69) is 4.98 Å². The average Bonchev–Trinajstić information content (AvgIpc) is 2.29. The van der Waals surface area contributed by atoms with Crippen LogP contribution < -0.4 is 0 Å². The molecule has 0 aliphatic rings. The van der Waals surface area contributed by atoms with Gasteiger partial charge in [0.15, 0.2) is 0 Å². The van der Waals surface area contributed by atoms with Crippen molar-refractivity contribution < 1.29 is 4.92 Å². The molecule has 0 spiro atoms. The van der Waals surface area contributed by atoms with Crippen molar-refractivity contribution >= 4 is 17.4 Å². The third-order valence-corrected chi connectivity index (χ3v) is 2.33. The Hall–Kier alpha value is -1.94. The Morgan fingerprint density at radius 1 is 1.25 bits per heavy atom. The first kappa shape index (κ1) is 10.6. The van der Waals surface area contributed by atoms with E-state index in [-0.39, 0.29) is 5.82 Å². The highest BCUT2D eigenvalue weighted by atomic mass is 35.5. The van der Waals surface area contributed by atoms with Crippen molar-refractivity contribution in [1.29, 1.82) is 0 Å². The predicted molar refractivity (Wildman–Crippen MR) is 61.3 cm³/mol. The van der Waals surface area contributed by atoms with Crippen LogP contribution in [0.1, 0.15) is 0 Å². The molecule has 0 aliphatic carbocycles. The van der Waals surface area contributed by atoms with Gasteiger partial charge in [0.2, 0.25) is 0 Å². The van der Waals surface area contributed by atoms with Crippen LogP contribution in [-0.4, -0.2) is 9.91 Å². The third kappa shape index (κ3) is 2.01. The maximum Gasteiger partial charge on any atom is 0.371 e. The number of rotatable bonds is 2. The van der Waals surface area contributed by atoms with Gasteiger partial charge in [-0.1, -0.05) is 23.7 Å². The molecule has 5 heteroatoms. The number of nitrogens with zero attached hydrogens (tertiary/aromatic N) is 2. The Labute approximate surface area is 96.7 Å². The van der Waals surface area contributed by atoms with Gasteiger partial charge in [0.1, 0.15) is 6.20 Å². The molecule has 0 unspecified atom stereocenters. The summed E-state index contributed by atoms with van der Waals surface area (Å²) in [4.78, 5) is 14.0. The fourth-order valence-corrected chi connectivity index (χ4v) is 1.61. The van der Waals surface area contributed by atoms with Crippen molar-refractivity contribution in [2.45, 2.75) is 0 Å². The molecule has 2 rings (SSSR count). The highest BCUT2D eigenvalue weighted by Crippen LogP contribution is 2.28. The van der Waals surface area contributed by atoms with Crippen LogP contribution in [0.3, 0.4) is 0 Å². The van der Waals surface area contributed by atoms with Gasteiger partial charge >= 0.3 is 5.82 Å². The second-order valence-electron chi connectivity index (χ2n) is 3.14. The van der Waals surface area contributed by atoms with E-state index < -0.39 is 4.92 Å². The van der Waals surface area contributed by atoms with E-state index in [9.17, 15) is 10.1 Å². The minimum atomic E-state index is -0.504. The maximum absolute atomic E-state index is 10.8. The molecule has 0 N–H and O–H groups in total. The molecule has 2 aromatic rings. The van der Waals surface area contributed by atoms with Gasteiger partial charge in [-0.15, -0.1) is 0 Å². The van der Waals surface area contributed by atoms with Crippen LogP contribution in [0, 0.1) is 10.1 Å². The largest absolute Gasteiger partial charge is 0.371 e. The molecule has 0 radical (unpaired) electrons. The molecule has 0 bridgehead atoms. The molecule has 0 aliphatic heterocycles. The van der Waals surface area contributed by atoms with E-state index in [1.165, 1.54) is 6.20 Å². The summed E-state index contributed by atoms with van der Waals surface area (Å²) in [5.41, 5.74) is 1.15. The van der Waals surface area contributed by atoms with E-state index in [0.29, 0.717) is 16.1 Å². The molecule has 16 heavy (non-hydrogen) atoms. The molecule has 0 fully saturated rings. The van der Waals surface area contributed by atoms with Gasteiger partial charge in [0.05, 0.1) is 5.56 Å². The second-order valence-corrected chi connectivity index (χ2v) is 3.58. The lowest BCUT2D eigenvalue weighted by molar-refractivity contribution is -0.388. The van der Waals surface area contributed by atoms with E-state index in [4.69, 9.17) is 11.6 Å². The molecular formula is C11H7ClN2O2. The standard InChI is InChI=1S/C11H7ClN2O2/c12-9-4-1-3-8(7-9)10-5-2-6-13-11(10)14(15)16/h1-7H. The molecule has 0 atom stereocenters. The van der Waals surface area contributed by atoms with Crippen LogP contribution in [0.15, 0.2) is 42.6 Å². The van der Waals surface area contributed by atoms with Gasteiger partial charge in [-0.05, 0) is 39.7 Å². The summed E-state index contributed by atoms with van der Waals surface area (Å²) in [7, 11) is 0.